The predicted molar refractivity (Wildman–Crippen MR) is 177 cm³/mol. The fraction of sp³-hybridized carbons (Fsp3) is 0.200. The number of amides is 1. The van der Waals surface area contributed by atoms with Gasteiger partial charge in [0.05, 0.1) is 19.5 Å². The number of fused-ring (bicyclic) bond motifs is 3. The van der Waals surface area contributed by atoms with Crippen LogP contribution in [0.4, 0.5) is 5.69 Å². The molecule has 0 aliphatic rings. The van der Waals surface area contributed by atoms with Crippen molar-refractivity contribution in [1.29, 1.82) is 0 Å². The summed E-state index contributed by atoms with van der Waals surface area (Å²) in [6, 6.07) is 29.8. The Labute approximate surface area is 260 Å². The van der Waals surface area contributed by atoms with Gasteiger partial charge in [0.25, 0.3) is 0 Å². The molecule has 9 heteroatoms. The smallest absolute Gasteiger partial charge is 0.237 e. The van der Waals surface area contributed by atoms with Crippen molar-refractivity contribution in [1.82, 2.24) is 19.7 Å². The lowest BCUT2D eigenvalue weighted by Crippen LogP contribution is -2.25. The highest BCUT2D eigenvalue weighted by atomic mass is 32.2. The molecule has 2 aromatic heterocycles. The maximum atomic E-state index is 13.5. The fourth-order valence-electron chi connectivity index (χ4n) is 5.40. The van der Waals surface area contributed by atoms with Crippen molar-refractivity contribution in [3.63, 3.8) is 0 Å². The van der Waals surface area contributed by atoms with Crippen LogP contribution < -0.4 is 14.8 Å². The van der Waals surface area contributed by atoms with Crippen molar-refractivity contribution in [2.45, 2.75) is 37.2 Å². The first-order valence-corrected chi connectivity index (χ1v) is 15.4. The largest absolute Gasteiger partial charge is 0.497 e. The Morgan fingerprint density at radius 3 is 2.07 bits per heavy atom. The molecule has 4 aromatic carbocycles. The van der Waals surface area contributed by atoms with Gasteiger partial charge in [-0.2, -0.15) is 0 Å². The number of aromatic nitrogens is 4. The Balaban J connectivity index is 1.29. The van der Waals surface area contributed by atoms with Gasteiger partial charge in [-0.25, -0.2) is 4.98 Å². The topological polar surface area (TPSA) is 91.2 Å². The summed E-state index contributed by atoms with van der Waals surface area (Å²) in [7, 11) is 3.27. The lowest BCUT2D eigenvalue weighted by Gasteiger charge is -2.15. The van der Waals surface area contributed by atoms with E-state index >= 15 is 0 Å². The number of rotatable bonds is 10. The number of methoxy groups -OCH3 is 2. The highest BCUT2D eigenvalue weighted by molar-refractivity contribution is 8.00. The molecule has 0 aliphatic heterocycles. The summed E-state index contributed by atoms with van der Waals surface area (Å²) in [6.45, 7) is 5.00. The van der Waals surface area contributed by atoms with E-state index in [2.05, 4.69) is 57.3 Å². The van der Waals surface area contributed by atoms with E-state index in [9.17, 15) is 4.79 Å². The van der Waals surface area contributed by atoms with Crippen LogP contribution in [-0.2, 0) is 11.3 Å². The second-order valence-corrected chi connectivity index (χ2v) is 11.4. The van der Waals surface area contributed by atoms with Crippen molar-refractivity contribution >= 4 is 45.2 Å². The molecule has 0 saturated carbocycles. The molecule has 6 aromatic rings. The van der Waals surface area contributed by atoms with E-state index in [1.165, 1.54) is 22.7 Å². The van der Waals surface area contributed by atoms with E-state index in [-0.39, 0.29) is 5.91 Å². The van der Waals surface area contributed by atoms with Gasteiger partial charge in [0.15, 0.2) is 0 Å². The van der Waals surface area contributed by atoms with Gasteiger partial charge in [-0.1, -0.05) is 36.9 Å². The SMILES string of the molecule is CCC(Sc1nnc(-c2ccc(OC)cc2)c(-c2ccc(OC)cc2)n1)C(=O)Nc1ccc2c(c1)c1ccccc1n2CC. The number of thioether (sulfide) groups is 1. The molecule has 1 unspecified atom stereocenters. The number of nitrogens with zero attached hydrogens (tertiary/aromatic N) is 4. The Kier molecular flexibility index (Phi) is 8.47. The van der Waals surface area contributed by atoms with Gasteiger partial charge < -0.3 is 19.4 Å². The van der Waals surface area contributed by atoms with Gasteiger partial charge in [0.1, 0.15) is 22.9 Å². The summed E-state index contributed by atoms with van der Waals surface area (Å²) in [5.41, 5.74) is 6.13. The Hall–Kier alpha value is -4.89. The lowest BCUT2D eigenvalue weighted by atomic mass is 10.0. The average molecular weight is 604 g/mol. The quantitative estimate of drug-likeness (QED) is 0.159. The van der Waals surface area contributed by atoms with Gasteiger partial charge in [-0.05, 0) is 86.1 Å². The van der Waals surface area contributed by atoms with Crippen LogP contribution in [0.15, 0.2) is 96.2 Å². The Morgan fingerprint density at radius 1 is 0.795 bits per heavy atom. The van der Waals surface area contributed by atoms with E-state index in [1.54, 1.807) is 14.2 Å². The van der Waals surface area contributed by atoms with Crippen LogP contribution in [0.3, 0.4) is 0 Å². The van der Waals surface area contributed by atoms with E-state index in [0.717, 1.165) is 45.8 Å². The zero-order valence-electron chi connectivity index (χ0n) is 25.1. The fourth-order valence-corrected chi connectivity index (χ4v) is 6.22. The van der Waals surface area contributed by atoms with E-state index < -0.39 is 5.25 Å². The van der Waals surface area contributed by atoms with Crippen molar-refractivity contribution in [3.8, 4) is 34.0 Å². The highest BCUT2D eigenvalue weighted by Crippen LogP contribution is 2.34. The molecule has 0 spiro atoms. The van der Waals surface area contributed by atoms with Crippen molar-refractivity contribution in [2.75, 3.05) is 19.5 Å². The molecule has 1 amide bonds. The minimum Gasteiger partial charge on any atom is -0.497 e. The normalized spacial score (nSPS) is 11.9. The maximum Gasteiger partial charge on any atom is 0.237 e. The van der Waals surface area contributed by atoms with Crippen LogP contribution in [0, 0.1) is 0 Å². The van der Waals surface area contributed by atoms with Crippen LogP contribution in [0.2, 0.25) is 0 Å². The van der Waals surface area contributed by atoms with Gasteiger partial charge in [0, 0.05) is 45.2 Å². The number of aryl methyl sites for hydroxylation is 1. The zero-order valence-corrected chi connectivity index (χ0v) is 25.9. The number of carbonyl (C=O) groups excluding carboxylic acids is 1. The molecule has 0 fully saturated rings. The number of nitrogens with one attached hydrogen (secondary N) is 1. The molecule has 1 N–H and O–H groups in total. The monoisotopic (exact) mass is 603 g/mol. The lowest BCUT2D eigenvalue weighted by molar-refractivity contribution is -0.115. The first-order valence-electron chi connectivity index (χ1n) is 14.5. The van der Waals surface area contributed by atoms with Crippen LogP contribution in [0.25, 0.3) is 44.3 Å². The molecule has 222 valence electrons. The summed E-state index contributed by atoms with van der Waals surface area (Å²) in [5, 5.41) is 14.5. The molecule has 0 radical (unpaired) electrons. The minimum atomic E-state index is -0.417. The van der Waals surface area contributed by atoms with Crippen molar-refractivity contribution in [3.05, 3.63) is 91.0 Å². The van der Waals surface area contributed by atoms with E-state index in [1.807, 2.05) is 67.6 Å². The second kappa shape index (κ2) is 12.8. The van der Waals surface area contributed by atoms with Gasteiger partial charge >= 0.3 is 0 Å². The molecule has 2 heterocycles. The summed E-state index contributed by atoms with van der Waals surface area (Å²) in [5.74, 6) is 1.39. The zero-order chi connectivity index (χ0) is 30.6. The van der Waals surface area contributed by atoms with Crippen LogP contribution in [0.1, 0.15) is 20.3 Å². The molecular formula is C35H33N5O3S. The molecule has 1 atom stereocenters. The van der Waals surface area contributed by atoms with Gasteiger partial charge in [-0.15, -0.1) is 10.2 Å². The average Bonchev–Trinajstić information content (AvgIpc) is 3.40. The maximum absolute atomic E-state index is 13.5. The molecule has 0 aliphatic carbocycles. The summed E-state index contributed by atoms with van der Waals surface area (Å²) < 4.78 is 13.0. The minimum absolute atomic E-state index is 0.107. The third kappa shape index (κ3) is 5.70. The number of ether oxygens (including phenoxy) is 2. The first-order chi connectivity index (χ1) is 21.5. The standard InChI is InChI=1S/C35H33N5O3S/c1-5-31(34(41)36-24-15-20-30-28(21-24)27-9-7-8-10-29(27)40(30)6-2)44-35-37-32(22-11-16-25(42-3)17-12-22)33(38-39-35)23-13-18-26(43-4)19-14-23/h7-21,31H,5-6H2,1-4H3,(H,36,41). The number of hydrogen-bond acceptors (Lipinski definition) is 7. The van der Waals surface area contributed by atoms with Crippen LogP contribution >= 0.6 is 11.8 Å². The van der Waals surface area contributed by atoms with Gasteiger partial charge in [-0.3, -0.25) is 4.79 Å². The third-order valence-electron chi connectivity index (χ3n) is 7.66. The predicted octanol–water partition coefficient (Wildman–Crippen LogP) is 7.86. The Morgan fingerprint density at radius 2 is 1.43 bits per heavy atom. The third-order valence-corrected chi connectivity index (χ3v) is 8.88. The molecule has 8 nitrogen and oxygen atoms in total. The van der Waals surface area contributed by atoms with Crippen molar-refractivity contribution in [2.24, 2.45) is 0 Å². The summed E-state index contributed by atoms with van der Waals surface area (Å²) >= 11 is 1.31. The second-order valence-electron chi connectivity index (χ2n) is 10.2. The number of para-hydroxylation sites is 1. The Bertz CT molecular complexity index is 1940. The van der Waals surface area contributed by atoms with E-state index in [4.69, 9.17) is 14.5 Å². The molecule has 0 bridgehead atoms. The van der Waals surface area contributed by atoms with Crippen LogP contribution in [-0.4, -0.2) is 45.1 Å². The molecule has 6 rings (SSSR count). The van der Waals surface area contributed by atoms with Crippen molar-refractivity contribution < 1.29 is 14.3 Å². The van der Waals surface area contributed by atoms with E-state index in [0.29, 0.717) is 23.0 Å². The first kappa shape index (κ1) is 29.2. The number of hydrogen-bond donors (Lipinski definition) is 1. The number of carbonyl (C=O) groups is 1. The highest BCUT2D eigenvalue weighted by Gasteiger charge is 2.22. The van der Waals surface area contributed by atoms with Gasteiger partial charge in [0.2, 0.25) is 11.1 Å². The van der Waals surface area contributed by atoms with Crippen LogP contribution in [0.5, 0.6) is 11.5 Å². The summed E-state index contributed by atoms with van der Waals surface area (Å²) in [4.78, 5) is 18.5. The number of benzene rings is 4. The number of anilines is 1. The molecule has 44 heavy (non-hydrogen) atoms. The summed E-state index contributed by atoms with van der Waals surface area (Å²) in [6.07, 6.45) is 0.593. The molecular weight excluding hydrogens is 570 g/mol. The molecule has 0 saturated heterocycles.